The molecule has 0 amide bonds. The number of rotatable bonds is 6. The van der Waals surface area contributed by atoms with Crippen molar-refractivity contribution in [2.45, 2.75) is 65.2 Å². The third kappa shape index (κ3) is 5.72. The zero-order valence-electron chi connectivity index (χ0n) is 17.8. The molecule has 0 N–H and O–H groups in total. The molecule has 0 aliphatic heterocycles. The highest BCUT2D eigenvalue weighted by atomic mass is 16.2. The van der Waals surface area contributed by atoms with Crippen LogP contribution < -0.4 is 0 Å². The van der Waals surface area contributed by atoms with Gasteiger partial charge in [-0.15, -0.1) is 0 Å². The lowest BCUT2D eigenvalue weighted by Gasteiger charge is -2.19. The van der Waals surface area contributed by atoms with Gasteiger partial charge in [-0.3, -0.25) is 14.4 Å². The van der Waals surface area contributed by atoms with Crippen LogP contribution in [0.3, 0.4) is 0 Å². The summed E-state index contributed by atoms with van der Waals surface area (Å²) in [7, 11) is 0. The van der Waals surface area contributed by atoms with E-state index in [-0.39, 0.29) is 41.0 Å². The number of hydrogen-bond donors (Lipinski definition) is 0. The minimum atomic E-state index is -0.352. The smallest absolute Gasteiger partial charge is 0.170 e. The molecule has 28 heavy (non-hydrogen) atoms. The molecule has 0 saturated carbocycles. The lowest BCUT2D eigenvalue weighted by atomic mass is 9.86. The van der Waals surface area contributed by atoms with Crippen molar-refractivity contribution in [3.05, 3.63) is 70.8 Å². The van der Waals surface area contributed by atoms with Gasteiger partial charge in [0.15, 0.2) is 11.6 Å². The van der Waals surface area contributed by atoms with Crippen molar-refractivity contribution in [3.8, 4) is 0 Å². The normalized spacial score (nSPS) is 11.9. The zero-order valence-corrected chi connectivity index (χ0v) is 17.8. The Bertz CT molecular complexity index is 784. The van der Waals surface area contributed by atoms with Crippen molar-refractivity contribution < 1.29 is 14.4 Å². The molecule has 2 aromatic carbocycles. The predicted molar refractivity (Wildman–Crippen MR) is 113 cm³/mol. The molecule has 0 radical (unpaired) electrons. The highest BCUT2D eigenvalue weighted by Gasteiger charge is 2.19. The minimum absolute atomic E-state index is 0.00630. The van der Waals surface area contributed by atoms with E-state index in [2.05, 4.69) is 41.5 Å². The molecule has 0 saturated heterocycles. The molecule has 2 aromatic rings. The first kappa shape index (κ1) is 21.7. The van der Waals surface area contributed by atoms with Gasteiger partial charge in [0.25, 0.3) is 0 Å². The molecule has 0 aliphatic carbocycles. The molecular weight excluding hydrogens is 348 g/mol. The van der Waals surface area contributed by atoms with Crippen LogP contribution in [-0.4, -0.2) is 17.3 Å². The van der Waals surface area contributed by atoms with Crippen molar-refractivity contribution >= 4 is 17.3 Å². The van der Waals surface area contributed by atoms with E-state index >= 15 is 0 Å². The monoisotopic (exact) mass is 378 g/mol. The maximum atomic E-state index is 12.4. The molecule has 3 nitrogen and oxygen atoms in total. The van der Waals surface area contributed by atoms with Gasteiger partial charge in [-0.25, -0.2) is 0 Å². The Balaban J connectivity index is 1.97. The largest absolute Gasteiger partial charge is 0.299 e. The van der Waals surface area contributed by atoms with Crippen molar-refractivity contribution in [1.82, 2.24) is 0 Å². The molecule has 0 unspecified atom stereocenters. The number of carbonyl (C=O) groups excluding carboxylic acids is 3. The summed E-state index contributed by atoms with van der Waals surface area (Å²) in [5.41, 5.74) is 3.28. The first-order valence-corrected chi connectivity index (χ1v) is 9.67. The van der Waals surface area contributed by atoms with Gasteiger partial charge in [0, 0.05) is 11.1 Å². The Labute approximate surface area is 168 Å². The van der Waals surface area contributed by atoms with Crippen molar-refractivity contribution in [3.63, 3.8) is 0 Å². The van der Waals surface area contributed by atoms with Crippen LogP contribution in [0.5, 0.6) is 0 Å². The van der Waals surface area contributed by atoms with Gasteiger partial charge >= 0.3 is 0 Å². The SMILES string of the molecule is CC(C)(C)c1ccc(C(=O)CC(=O)CC(=O)c2ccc(C(C)(C)C)cc2)cc1. The van der Waals surface area contributed by atoms with Gasteiger partial charge in [-0.05, 0) is 22.0 Å². The molecule has 0 fully saturated rings. The van der Waals surface area contributed by atoms with E-state index in [0.717, 1.165) is 11.1 Å². The second-order valence-electron chi connectivity index (χ2n) is 9.39. The first-order valence-electron chi connectivity index (χ1n) is 9.67. The van der Waals surface area contributed by atoms with E-state index in [1.165, 1.54) is 0 Å². The summed E-state index contributed by atoms with van der Waals surface area (Å²) in [6, 6.07) is 14.7. The number of Topliss-reactive ketones (excluding diaryl/α,β-unsaturated/α-hetero) is 3. The van der Waals surface area contributed by atoms with Gasteiger partial charge in [0.05, 0.1) is 12.8 Å². The minimum Gasteiger partial charge on any atom is -0.299 e. The maximum absolute atomic E-state index is 12.4. The van der Waals surface area contributed by atoms with E-state index in [1.807, 2.05) is 24.3 Å². The molecule has 0 bridgehead atoms. The predicted octanol–water partition coefficient (Wildman–Crippen LogP) is 5.70. The topological polar surface area (TPSA) is 51.2 Å². The van der Waals surface area contributed by atoms with E-state index < -0.39 is 0 Å². The van der Waals surface area contributed by atoms with Crippen molar-refractivity contribution in [2.24, 2.45) is 0 Å². The molecule has 2 rings (SSSR count). The summed E-state index contributed by atoms with van der Waals surface area (Å²) in [6.45, 7) is 12.6. The van der Waals surface area contributed by atoms with Gasteiger partial charge in [0.2, 0.25) is 0 Å². The number of hydrogen-bond acceptors (Lipinski definition) is 3. The van der Waals surface area contributed by atoms with Gasteiger partial charge in [0.1, 0.15) is 5.78 Å². The van der Waals surface area contributed by atoms with Crippen LogP contribution in [-0.2, 0) is 15.6 Å². The summed E-state index contributed by atoms with van der Waals surface area (Å²) in [5, 5.41) is 0. The van der Waals surface area contributed by atoms with Crippen LogP contribution in [0, 0.1) is 0 Å². The average molecular weight is 379 g/mol. The Morgan fingerprint density at radius 1 is 0.571 bits per heavy atom. The summed E-state index contributed by atoms with van der Waals surface area (Å²) in [5.74, 6) is -0.850. The van der Waals surface area contributed by atoms with Gasteiger partial charge < -0.3 is 0 Å². The fraction of sp³-hybridized carbons (Fsp3) is 0.400. The van der Waals surface area contributed by atoms with Crippen molar-refractivity contribution in [2.75, 3.05) is 0 Å². The number of ketones is 3. The lowest BCUT2D eigenvalue weighted by molar-refractivity contribution is -0.117. The summed E-state index contributed by atoms with van der Waals surface area (Å²) < 4.78 is 0. The molecule has 3 heteroatoms. The molecule has 0 atom stereocenters. The van der Waals surface area contributed by atoms with E-state index in [9.17, 15) is 14.4 Å². The Morgan fingerprint density at radius 3 is 1.11 bits per heavy atom. The van der Waals surface area contributed by atoms with Crippen LogP contribution in [0.1, 0.15) is 86.2 Å². The summed E-state index contributed by atoms with van der Waals surface area (Å²) >= 11 is 0. The summed E-state index contributed by atoms with van der Waals surface area (Å²) in [4.78, 5) is 36.9. The van der Waals surface area contributed by atoms with E-state index in [1.54, 1.807) is 24.3 Å². The second kappa shape index (κ2) is 8.22. The Hall–Kier alpha value is -2.55. The summed E-state index contributed by atoms with van der Waals surface area (Å²) in [6.07, 6.45) is -0.499. The lowest BCUT2D eigenvalue weighted by Crippen LogP contribution is -2.15. The molecule has 0 spiro atoms. The van der Waals surface area contributed by atoms with E-state index in [4.69, 9.17) is 0 Å². The highest BCUT2D eigenvalue weighted by Crippen LogP contribution is 2.23. The molecule has 0 aromatic heterocycles. The fourth-order valence-corrected chi connectivity index (χ4v) is 2.94. The van der Waals surface area contributed by atoms with E-state index in [0.29, 0.717) is 11.1 Å². The van der Waals surface area contributed by atoms with Crippen molar-refractivity contribution in [1.29, 1.82) is 0 Å². The molecule has 0 aliphatic rings. The molecular formula is C25H30O3. The molecule has 0 heterocycles. The average Bonchev–Trinajstić information content (AvgIpc) is 2.60. The maximum Gasteiger partial charge on any atom is 0.170 e. The third-order valence-corrected chi connectivity index (χ3v) is 4.86. The van der Waals surface area contributed by atoms with Gasteiger partial charge in [-0.1, -0.05) is 90.1 Å². The van der Waals surface area contributed by atoms with Crippen LogP contribution in [0.2, 0.25) is 0 Å². The van der Waals surface area contributed by atoms with Crippen LogP contribution in [0.4, 0.5) is 0 Å². The molecule has 148 valence electrons. The fourth-order valence-electron chi connectivity index (χ4n) is 2.94. The Morgan fingerprint density at radius 2 is 0.857 bits per heavy atom. The van der Waals surface area contributed by atoms with Crippen LogP contribution in [0.15, 0.2) is 48.5 Å². The quantitative estimate of drug-likeness (QED) is 0.479. The third-order valence-electron chi connectivity index (χ3n) is 4.86. The Kier molecular flexibility index (Phi) is 6.38. The first-order chi connectivity index (χ1) is 12.9. The number of carbonyl (C=O) groups is 3. The second-order valence-corrected chi connectivity index (χ2v) is 9.39. The van der Waals surface area contributed by atoms with Crippen LogP contribution in [0.25, 0.3) is 0 Å². The highest BCUT2D eigenvalue weighted by molar-refractivity contribution is 6.15. The standard InChI is InChI=1S/C25H30O3/c1-24(2,3)19-11-7-17(8-12-19)22(27)15-21(26)16-23(28)18-9-13-20(14-10-18)25(4,5)6/h7-14H,15-16H2,1-6H3. The zero-order chi connectivity index (χ0) is 21.1. The number of benzene rings is 2. The van der Waals surface area contributed by atoms with Crippen LogP contribution >= 0.6 is 0 Å². The van der Waals surface area contributed by atoms with Gasteiger partial charge in [-0.2, -0.15) is 0 Å².